The zero-order chi connectivity index (χ0) is 19.4. The van der Waals surface area contributed by atoms with E-state index in [-0.39, 0.29) is 18.0 Å². The van der Waals surface area contributed by atoms with Gasteiger partial charge in [-0.25, -0.2) is 4.98 Å². The lowest BCUT2D eigenvalue weighted by Gasteiger charge is -2.14. The summed E-state index contributed by atoms with van der Waals surface area (Å²) < 4.78 is 6.19. The highest BCUT2D eigenvalue weighted by molar-refractivity contribution is 9.10. The monoisotopic (exact) mass is 427 g/mol. The van der Waals surface area contributed by atoms with E-state index >= 15 is 0 Å². The average Bonchev–Trinajstić information content (AvgIpc) is 2.66. The van der Waals surface area contributed by atoms with Gasteiger partial charge in [-0.1, -0.05) is 28.1 Å². The van der Waals surface area contributed by atoms with Crippen LogP contribution in [0, 0.1) is 0 Å². The van der Waals surface area contributed by atoms with E-state index in [2.05, 4.69) is 25.9 Å². The molecule has 6 nitrogen and oxygen atoms in total. The van der Waals surface area contributed by atoms with E-state index in [0.717, 1.165) is 10.0 Å². The molecule has 0 saturated carbocycles. The first kappa shape index (κ1) is 18.8. The van der Waals surface area contributed by atoms with Gasteiger partial charge in [0.05, 0.1) is 24.6 Å². The highest BCUT2D eigenvalue weighted by Crippen LogP contribution is 2.24. The summed E-state index contributed by atoms with van der Waals surface area (Å²) in [6.45, 7) is 0.193. The van der Waals surface area contributed by atoms with E-state index in [1.54, 1.807) is 38.4 Å². The van der Waals surface area contributed by atoms with Crippen LogP contribution in [0.5, 0.6) is 5.75 Å². The molecule has 7 heteroatoms. The second-order valence-electron chi connectivity index (χ2n) is 5.94. The van der Waals surface area contributed by atoms with Crippen molar-refractivity contribution in [2.75, 3.05) is 14.2 Å². The summed E-state index contributed by atoms with van der Waals surface area (Å²) in [7, 11) is 3.23. The van der Waals surface area contributed by atoms with Gasteiger partial charge in [0.2, 0.25) is 5.91 Å². The molecule has 0 aliphatic rings. The SMILES string of the molecule is COc1ccc(Br)cc1/C=C/C(=O)N(C)Cc1nc2ccccc2c(=O)[nH]1. The first-order valence-electron chi connectivity index (χ1n) is 8.22. The second-order valence-corrected chi connectivity index (χ2v) is 6.86. The Morgan fingerprint density at radius 1 is 1.30 bits per heavy atom. The number of hydrogen-bond donors (Lipinski definition) is 1. The molecule has 0 radical (unpaired) electrons. The van der Waals surface area contributed by atoms with Crippen molar-refractivity contribution in [3.8, 4) is 5.75 Å². The number of nitrogens with one attached hydrogen (secondary N) is 1. The molecule has 1 amide bonds. The third-order valence-corrected chi connectivity index (χ3v) is 4.52. The summed E-state index contributed by atoms with van der Waals surface area (Å²) >= 11 is 3.41. The van der Waals surface area contributed by atoms with Crippen molar-refractivity contribution >= 4 is 38.8 Å². The van der Waals surface area contributed by atoms with Crippen molar-refractivity contribution in [2.45, 2.75) is 6.54 Å². The fraction of sp³-hybridized carbons (Fsp3) is 0.150. The summed E-state index contributed by atoms with van der Waals surface area (Å²) in [5.74, 6) is 0.890. The maximum atomic E-state index is 12.4. The molecule has 1 aromatic heterocycles. The van der Waals surface area contributed by atoms with Crippen LogP contribution in [0.15, 0.2) is 57.8 Å². The van der Waals surface area contributed by atoms with Crippen molar-refractivity contribution in [3.63, 3.8) is 0 Å². The van der Waals surface area contributed by atoms with Crippen LogP contribution >= 0.6 is 15.9 Å². The summed E-state index contributed by atoms with van der Waals surface area (Å²) in [6.07, 6.45) is 3.16. The van der Waals surface area contributed by atoms with Gasteiger partial charge in [-0.05, 0) is 36.4 Å². The number of amides is 1. The van der Waals surface area contributed by atoms with E-state index in [0.29, 0.717) is 22.5 Å². The molecule has 0 atom stereocenters. The van der Waals surface area contributed by atoms with Crippen molar-refractivity contribution < 1.29 is 9.53 Å². The van der Waals surface area contributed by atoms with Gasteiger partial charge in [0.1, 0.15) is 11.6 Å². The van der Waals surface area contributed by atoms with Crippen molar-refractivity contribution in [3.05, 3.63) is 74.8 Å². The number of halogens is 1. The van der Waals surface area contributed by atoms with Crippen LogP contribution in [0.3, 0.4) is 0 Å². The number of aromatic amines is 1. The number of methoxy groups -OCH3 is 1. The molecule has 3 rings (SSSR count). The largest absolute Gasteiger partial charge is 0.496 e. The Hall–Kier alpha value is -2.93. The smallest absolute Gasteiger partial charge is 0.258 e. The number of fused-ring (bicyclic) bond motifs is 1. The molecule has 1 N–H and O–H groups in total. The van der Waals surface area contributed by atoms with E-state index in [9.17, 15) is 9.59 Å². The van der Waals surface area contributed by atoms with Crippen LogP contribution in [0.2, 0.25) is 0 Å². The van der Waals surface area contributed by atoms with Gasteiger partial charge in [-0.3, -0.25) is 9.59 Å². The van der Waals surface area contributed by atoms with Crippen molar-refractivity contribution in [1.82, 2.24) is 14.9 Å². The highest BCUT2D eigenvalue weighted by Gasteiger charge is 2.10. The molecule has 3 aromatic rings. The first-order chi connectivity index (χ1) is 13.0. The number of carbonyl (C=O) groups excluding carboxylic acids is 1. The van der Waals surface area contributed by atoms with Crippen LogP contribution in [0.1, 0.15) is 11.4 Å². The van der Waals surface area contributed by atoms with Gasteiger partial charge in [-0.2, -0.15) is 0 Å². The Morgan fingerprint density at radius 3 is 2.85 bits per heavy atom. The third kappa shape index (κ3) is 4.43. The predicted molar refractivity (Wildman–Crippen MR) is 109 cm³/mol. The van der Waals surface area contributed by atoms with Gasteiger partial charge < -0.3 is 14.6 Å². The van der Waals surface area contributed by atoms with Crippen LogP contribution in [-0.2, 0) is 11.3 Å². The maximum absolute atomic E-state index is 12.4. The number of ether oxygens (including phenoxy) is 1. The number of likely N-dealkylation sites (N-methyl/N-ethyl adjacent to an activating group) is 1. The minimum absolute atomic E-state index is 0.193. The fourth-order valence-electron chi connectivity index (χ4n) is 2.64. The molecule has 0 aliphatic heterocycles. The summed E-state index contributed by atoms with van der Waals surface area (Å²) in [6, 6.07) is 12.7. The molecule has 2 aromatic carbocycles. The number of H-pyrrole nitrogens is 1. The molecular weight excluding hydrogens is 410 g/mol. The Labute approximate surface area is 164 Å². The van der Waals surface area contributed by atoms with Gasteiger partial charge in [-0.15, -0.1) is 0 Å². The van der Waals surface area contributed by atoms with E-state index < -0.39 is 0 Å². The first-order valence-corrected chi connectivity index (χ1v) is 9.02. The normalized spacial score (nSPS) is 11.1. The molecule has 0 unspecified atom stereocenters. The molecule has 1 heterocycles. The van der Waals surface area contributed by atoms with Gasteiger partial charge >= 0.3 is 0 Å². The van der Waals surface area contributed by atoms with Crippen LogP contribution in [-0.4, -0.2) is 34.9 Å². The lowest BCUT2D eigenvalue weighted by atomic mass is 10.2. The van der Waals surface area contributed by atoms with Crippen molar-refractivity contribution in [2.24, 2.45) is 0 Å². The number of nitrogens with zero attached hydrogens (tertiary/aromatic N) is 2. The minimum Gasteiger partial charge on any atom is -0.496 e. The topological polar surface area (TPSA) is 75.3 Å². The Morgan fingerprint density at radius 2 is 2.07 bits per heavy atom. The summed E-state index contributed by atoms with van der Waals surface area (Å²) in [5.41, 5.74) is 1.17. The number of rotatable bonds is 5. The standard InChI is InChI=1S/C20H18BrN3O3/c1-24(12-18-22-16-6-4-3-5-15(16)20(26)23-18)19(25)10-7-13-11-14(21)8-9-17(13)27-2/h3-11H,12H2,1-2H3,(H,22,23,26)/b10-7+. The molecule has 0 bridgehead atoms. The van der Waals surface area contributed by atoms with E-state index in [4.69, 9.17) is 4.74 Å². The molecule has 0 aliphatic carbocycles. The summed E-state index contributed by atoms with van der Waals surface area (Å²) in [4.78, 5) is 33.2. The van der Waals surface area contributed by atoms with Gasteiger partial charge in [0, 0.05) is 23.2 Å². The average molecular weight is 428 g/mol. The molecular formula is C20H18BrN3O3. The number of hydrogen-bond acceptors (Lipinski definition) is 4. The Bertz CT molecular complexity index is 1080. The van der Waals surface area contributed by atoms with Crippen LogP contribution in [0.25, 0.3) is 17.0 Å². The Kier molecular flexibility index (Phi) is 5.71. The fourth-order valence-corrected chi connectivity index (χ4v) is 3.01. The van der Waals surface area contributed by atoms with E-state index in [1.807, 2.05) is 24.3 Å². The van der Waals surface area contributed by atoms with E-state index in [1.165, 1.54) is 11.0 Å². The second kappa shape index (κ2) is 8.18. The zero-order valence-electron chi connectivity index (χ0n) is 14.9. The summed E-state index contributed by atoms with van der Waals surface area (Å²) in [5, 5.41) is 0.525. The maximum Gasteiger partial charge on any atom is 0.258 e. The zero-order valence-corrected chi connectivity index (χ0v) is 16.5. The number of benzene rings is 2. The van der Waals surface area contributed by atoms with Gasteiger partial charge in [0.15, 0.2) is 0 Å². The minimum atomic E-state index is -0.217. The van der Waals surface area contributed by atoms with Crippen molar-refractivity contribution in [1.29, 1.82) is 0 Å². The van der Waals surface area contributed by atoms with Crippen LogP contribution in [0.4, 0.5) is 0 Å². The highest BCUT2D eigenvalue weighted by atomic mass is 79.9. The van der Waals surface area contributed by atoms with Crippen LogP contribution < -0.4 is 10.3 Å². The lowest BCUT2D eigenvalue weighted by molar-refractivity contribution is -0.125. The number of aromatic nitrogens is 2. The molecule has 138 valence electrons. The molecule has 0 spiro atoms. The number of carbonyl (C=O) groups is 1. The predicted octanol–water partition coefficient (Wildman–Crippen LogP) is 3.37. The van der Waals surface area contributed by atoms with Gasteiger partial charge in [0.25, 0.3) is 5.56 Å². The lowest BCUT2D eigenvalue weighted by Crippen LogP contribution is -2.26. The quantitative estimate of drug-likeness (QED) is 0.633. The molecule has 0 fully saturated rings. The molecule has 0 saturated heterocycles. The molecule has 27 heavy (non-hydrogen) atoms. The Balaban J connectivity index is 1.76. The number of para-hydroxylation sites is 1. The third-order valence-electron chi connectivity index (χ3n) is 4.02.